The second kappa shape index (κ2) is 7.43. The number of hydrogen-bond acceptors (Lipinski definition) is 4. The number of amides is 1. The number of aromatic nitrogens is 1. The molecule has 1 saturated heterocycles. The van der Waals surface area contributed by atoms with Gasteiger partial charge in [-0.1, -0.05) is 24.3 Å². The topological polar surface area (TPSA) is 65.2 Å². The molecule has 4 rings (SSSR count). The van der Waals surface area contributed by atoms with E-state index in [1.54, 1.807) is 11.3 Å². The van der Waals surface area contributed by atoms with Gasteiger partial charge in [-0.15, -0.1) is 11.3 Å². The lowest BCUT2D eigenvalue weighted by Crippen LogP contribution is -2.36. The predicted molar refractivity (Wildman–Crippen MR) is 105 cm³/mol. The first kappa shape index (κ1) is 17.0. The highest BCUT2D eigenvalue weighted by Crippen LogP contribution is 2.28. The number of thiophene rings is 1. The van der Waals surface area contributed by atoms with Crippen molar-refractivity contribution in [1.82, 2.24) is 15.2 Å². The summed E-state index contributed by atoms with van der Waals surface area (Å²) < 4.78 is 0. The number of nitrogens with one attached hydrogen (secondary N) is 2. The Balaban J connectivity index is 1.57. The van der Waals surface area contributed by atoms with Crippen molar-refractivity contribution in [2.24, 2.45) is 0 Å². The summed E-state index contributed by atoms with van der Waals surface area (Å²) in [5.74, 6) is -0.201. The maximum Gasteiger partial charge on any atom is 0.252 e. The normalized spacial score (nSPS) is 16.0. The van der Waals surface area contributed by atoms with Crippen LogP contribution in [0.1, 0.15) is 34.1 Å². The second-order valence-corrected chi connectivity index (χ2v) is 7.56. The molecule has 1 atom stereocenters. The van der Waals surface area contributed by atoms with Crippen LogP contribution in [0.25, 0.3) is 10.9 Å². The molecule has 1 unspecified atom stereocenters. The molecular weight excluding hydrogens is 346 g/mol. The van der Waals surface area contributed by atoms with Gasteiger partial charge in [0, 0.05) is 28.4 Å². The molecule has 1 amide bonds. The minimum atomic E-state index is -0.261. The van der Waals surface area contributed by atoms with Crippen LogP contribution in [-0.4, -0.2) is 35.4 Å². The standard InChI is InChI=1S/C20H21N3O2S/c24-19-12-15(14-6-1-2-7-16(14)22-19)20(25)21-13-17(18-8-5-11-26-18)23-9-3-4-10-23/h1-2,5-8,11-12,17H,3-4,9-10,13H2,(H,21,25)(H,22,24). The van der Waals surface area contributed by atoms with Crippen LogP contribution in [0, 0.1) is 0 Å². The van der Waals surface area contributed by atoms with Gasteiger partial charge < -0.3 is 10.3 Å². The highest BCUT2D eigenvalue weighted by molar-refractivity contribution is 7.10. The van der Waals surface area contributed by atoms with Gasteiger partial charge in [-0.05, 0) is 43.4 Å². The lowest BCUT2D eigenvalue weighted by molar-refractivity contribution is 0.0940. The largest absolute Gasteiger partial charge is 0.350 e. The molecular formula is C20H21N3O2S. The Morgan fingerprint density at radius 1 is 1.19 bits per heavy atom. The Kier molecular flexibility index (Phi) is 4.86. The van der Waals surface area contributed by atoms with Crippen LogP contribution < -0.4 is 10.9 Å². The number of fused-ring (bicyclic) bond motifs is 1. The maximum absolute atomic E-state index is 12.8. The summed E-state index contributed by atoms with van der Waals surface area (Å²) in [6, 6.07) is 13.1. The van der Waals surface area contributed by atoms with Crippen molar-refractivity contribution in [3.05, 3.63) is 68.6 Å². The number of rotatable bonds is 5. The zero-order valence-corrected chi connectivity index (χ0v) is 15.2. The van der Waals surface area contributed by atoms with Crippen LogP contribution in [0.3, 0.4) is 0 Å². The van der Waals surface area contributed by atoms with Crippen molar-refractivity contribution in [2.75, 3.05) is 19.6 Å². The van der Waals surface area contributed by atoms with Crippen molar-refractivity contribution in [3.8, 4) is 0 Å². The quantitative estimate of drug-likeness (QED) is 0.728. The van der Waals surface area contributed by atoms with Crippen LogP contribution in [0.2, 0.25) is 0 Å². The number of pyridine rings is 1. The number of aromatic amines is 1. The molecule has 1 aliphatic heterocycles. The molecule has 0 spiro atoms. The summed E-state index contributed by atoms with van der Waals surface area (Å²) in [5, 5.41) is 5.89. The van der Waals surface area contributed by atoms with Gasteiger partial charge in [-0.3, -0.25) is 14.5 Å². The first-order chi connectivity index (χ1) is 12.7. The molecule has 6 heteroatoms. The summed E-state index contributed by atoms with van der Waals surface area (Å²) in [7, 11) is 0. The van der Waals surface area contributed by atoms with Crippen molar-refractivity contribution in [3.63, 3.8) is 0 Å². The Labute approximate surface area is 155 Å². The zero-order chi connectivity index (χ0) is 17.9. The Hall–Kier alpha value is -2.44. The highest BCUT2D eigenvalue weighted by Gasteiger charge is 2.25. The van der Waals surface area contributed by atoms with E-state index in [4.69, 9.17) is 0 Å². The maximum atomic E-state index is 12.8. The first-order valence-corrected chi connectivity index (χ1v) is 9.78. The molecule has 1 aromatic carbocycles. The van der Waals surface area contributed by atoms with E-state index in [-0.39, 0.29) is 17.5 Å². The third kappa shape index (κ3) is 3.43. The molecule has 134 valence electrons. The molecule has 26 heavy (non-hydrogen) atoms. The fourth-order valence-corrected chi connectivity index (χ4v) is 4.48. The Morgan fingerprint density at radius 2 is 2.00 bits per heavy atom. The fourth-order valence-electron chi connectivity index (χ4n) is 3.62. The van der Waals surface area contributed by atoms with Gasteiger partial charge in [0.25, 0.3) is 5.91 Å². The minimum Gasteiger partial charge on any atom is -0.350 e. The van der Waals surface area contributed by atoms with Crippen molar-refractivity contribution < 1.29 is 4.79 Å². The summed E-state index contributed by atoms with van der Waals surface area (Å²) in [6.45, 7) is 2.67. The number of para-hydroxylation sites is 1. The van der Waals surface area contributed by atoms with Crippen LogP contribution in [0.15, 0.2) is 52.6 Å². The fraction of sp³-hybridized carbons (Fsp3) is 0.300. The number of carbonyl (C=O) groups is 1. The van der Waals surface area contributed by atoms with Crippen molar-refractivity contribution in [2.45, 2.75) is 18.9 Å². The van der Waals surface area contributed by atoms with E-state index in [2.05, 4.69) is 32.7 Å². The summed E-state index contributed by atoms with van der Waals surface area (Å²) >= 11 is 1.72. The van der Waals surface area contributed by atoms with E-state index < -0.39 is 0 Å². The molecule has 1 fully saturated rings. The van der Waals surface area contributed by atoms with E-state index in [0.717, 1.165) is 18.5 Å². The van der Waals surface area contributed by atoms with Crippen molar-refractivity contribution >= 4 is 28.1 Å². The van der Waals surface area contributed by atoms with Gasteiger partial charge in [0.1, 0.15) is 0 Å². The van der Waals surface area contributed by atoms with Crippen molar-refractivity contribution in [1.29, 1.82) is 0 Å². The van der Waals surface area contributed by atoms with E-state index in [1.165, 1.54) is 23.8 Å². The van der Waals surface area contributed by atoms with Gasteiger partial charge in [0.2, 0.25) is 5.56 Å². The average molecular weight is 367 g/mol. The van der Waals surface area contributed by atoms with Gasteiger partial charge in [-0.25, -0.2) is 0 Å². The summed E-state index contributed by atoms with van der Waals surface area (Å²) in [5.41, 5.74) is 0.846. The van der Waals surface area contributed by atoms with Crippen LogP contribution >= 0.6 is 11.3 Å². The molecule has 2 N–H and O–H groups in total. The van der Waals surface area contributed by atoms with Crippen LogP contribution in [0.4, 0.5) is 0 Å². The second-order valence-electron chi connectivity index (χ2n) is 6.58. The molecule has 3 heterocycles. The summed E-state index contributed by atoms with van der Waals surface area (Å²) in [6.07, 6.45) is 2.41. The van der Waals surface area contributed by atoms with Gasteiger partial charge >= 0.3 is 0 Å². The SMILES string of the molecule is O=C(NCC(c1cccs1)N1CCCC1)c1cc(=O)[nH]c2ccccc12. The van der Waals surface area contributed by atoms with E-state index in [1.807, 2.05) is 24.3 Å². The molecule has 2 aromatic heterocycles. The molecule has 3 aromatic rings. The van der Waals surface area contributed by atoms with Crippen LogP contribution in [-0.2, 0) is 0 Å². The number of hydrogen-bond donors (Lipinski definition) is 2. The highest BCUT2D eigenvalue weighted by atomic mass is 32.1. The lowest BCUT2D eigenvalue weighted by Gasteiger charge is -2.27. The number of likely N-dealkylation sites (tertiary alicyclic amines) is 1. The molecule has 1 aliphatic rings. The number of benzene rings is 1. The van der Waals surface area contributed by atoms with E-state index >= 15 is 0 Å². The van der Waals surface area contributed by atoms with Gasteiger partial charge in [0.15, 0.2) is 0 Å². The third-order valence-electron chi connectivity index (χ3n) is 4.90. The molecule has 0 radical (unpaired) electrons. The third-order valence-corrected chi connectivity index (χ3v) is 5.88. The molecule has 0 aliphatic carbocycles. The molecule has 0 saturated carbocycles. The summed E-state index contributed by atoms with van der Waals surface area (Å²) in [4.78, 5) is 31.2. The lowest BCUT2D eigenvalue weighted by atomic mass is 10.1. The Morgan fingerprint density at radius 3 is 2.77 bits per heavy atom. The van der Waals surface area contributed by atoms with Crippen LogP contribution in [0.5, 0.6) is 0 Å². The number of nitrogens with zero attached hydrogens (tertiary/aromatic N) is 1. The number of carbonyl (C=O) groups excluding carboxylic acids is 1. The predicted octanol–water partition coefficient (Wildman–Crippen LogP) is 3.16. The molecule has 5 nitrogen and oxygen atoms in total. The zero-order valence-electron chi connectivity index (χ0n) is 14.4. The Bertz CT molecular complexity index is 959. The number of H-pyrrole nitrogens is 1. The minimum absolute atomic E-state index is 0.190. The van der Waals surface area contributed by atoms with Gasteiger partial charge in [-0.2, -0.15) is 0 Å². The van der Waals surface area contributed by atoms with E-state index in [0.29, 0.717) is 17.6 Å². The smallest absolute Gasteiger partial charge is 0.252 e. The first-order valence-electron chi connectivity index (χ1n) is 8.90. The monoisotopic (exact) mass is 367 g/mol. The molecule has 0 bridgehead atoms. The van der Waals surface area contributed by atoms with Gasteiger partial charge in [0.05, 0.1) is 11.6 Å². The van der Waals surface area contributed by atoms with E-state index in [9.17, 15) is 9.59 Å². The average Bonchev–Trinajstić information content (AvgIpc) is 3.35.